The molecule has 5 heteroatoms. The van der Waals surface area contributed by atoms with Gasteiger partial charge >= 0.3 is 0 Å². The Morgan fingerprint density at radius 1 is 1.35 bits per heavy atom. The second-order valence-electron chi connectivity index (χ2n) is 4.26. The van der Waals surface area contributed by atoms with Gasteiger partial charge < -0.3 is 19.7 Å². The van der Waals surface area contributed by atoms with Gasteiger partial charge in [-0.15, -0.1) is 0 Å². The van der Waals surface area contributed by atoms with Crippen LogP contribution >= 0.6 is 0 Å². The van der Waals surface area contributed by atoms with Crippen molar-refractivity contribution in [3.8, 4) is 11.5 Å². The highest BCUT2D eigenvalue weighted by molar-refractivity contribution is 5.97. The highest BCUT2D eigenvalue weighted by Gasteiger charge is 2.31. The zero-order valence-corrected chi connectivity index (χ0v) is 9.82. The first-order valence-electron chi connectivity index (χ1n) is 5.58. The third-order valence-corrected chi connectivity index (χ3v) is 3.36. The van der Waals surface area contributed by atoms with Gasteiger partial charge in [-0.1, -0.05) is 0 Å². The van der Waals surface area contributed by atoms with Crippen LogP contribution in [0.4, 0.5) is 5.69 Å². The molecule has 2 aliphatic rings. The zero-order chi connectivity index (χ0) is 12.0. The van der Waals surface area contributed by atoms with Crippen molar-refractivity contribution < 1.29 is 14.3 Å². The summed E-state index contributed by atoms with van der Waals surface area (Å²) in [5, 5.41) is 3.16. The minimum Gasteiger partial charge on any atom is -0.454 e. The van der Waals surface area contributed by atoms with E-state index in [1.807, 2.05) is 19.2 Å². The first-order valence-corrected chi connectivity index (χ1v) is 5.58. The van der Waals surface area contributed by atoms with Gasteiger partial charge in [-0.2, -0.15) is 0 Å². The van der Waals surface area contributed by atoms with Crippen molar-refractivity contribution in [2.75, 3.05) is 25.8 Å². The van der Waals surface area contributed by atoms with Crippen LogP contribution in [0.1, 0.15) is 18.0 Å². The molecule has 1 N–H and O–H groups in total. The number of anilines is 1. The monoisotopic (exact) mass is 234 g/mol. The number of benzene rings is 1. The lowest BCUT2D eigenvalue weighted by atomic mass is 9.96. The highest BCUT2D eigenvalue weighted by atomic mass is 16.7. The predicted octanol–water partition coefficient (Wildman–Crippen LogP) is 1.04. The molecule has 5 nitrogen and oxygen atoms in total. The van der Waals surface area contributed by atoms with E-state index in [-0.39, 0.29) is 18.7 Å². The molecule has 0 bridgehead atoms. The van der Waals surface area contributed by atoms with Crippen LogP contribution < -0.4 is 19.7 Å². The SMILES string of the molecule is CNC1CC(=O)N(C)c2cc3c(cc21)OCO3. The lowest BCUT2D eigenvalue weighted by Gasteiger charge is -2.31. The average Bonchev–Trinajstić information content (AvgIpc) is 2.79. The third kappa shape index (κ3) is 1.46. The highest BCUT2D eigenvalue weighted by Crippen LogP contribution is 2.43. The van der Waals surface area contributed by atoms with Crippen molar-refractivity contribution in [1.29, 1.82) is 0 Å². The predicted molar refractivity (Wildman–Crippen MR) is 62.4 cm³/mol. The minimum absolute atomic E-state index is 0.0446. The molecule has 2 heterocycles. The summed E-state index contributed by atoms with van der Waals surface area (Å²) in [7, 11) is 3.65. The summed E-state index contributed by atoms with van der Waals surface area (Å²) >= 11 is 0. The van der Waals surface area contributed by atoms with Gasteiger partial charge in [0.25, 0.3) is 0 Å². The fraction of sp³-hybridized carbons (Fsp3) is 0.417. The molecule has 0 fully saturated rings. The topological polar surface area (TPSA) is 50.8 Å². The number of ether oxygens (including phenoxy) is 2. The fourth-order valence-electron chi connectivity index (χ4n) is 2.33. The first-order chi connectivity index (χ1) is 8.20. The second kappa shape index (κ2) is 3.63. The summed E-state index contributed by atoms with van der Waals surface area (Å²) < 4.78 is 10.7. The van der Waals surface area contributed by atoms with Gasteiger partial charge in [0.15, 0.2) is 11.5 Å². The normalized spacial score (nSPS) is 21.6. The van der Waals surface area contributed by atoms with Crippen molar-refractivity contribution in [1.82, 2.24) is 5.32 Å². The van der Waals surface area contributed by atoms with E-state index in [9.17, 15) is 4.79 Å². The van der Waals surface area contributed by atoms with Gasteiger partial charge in [0, 0.05) is 25.6 Å². The van der Waals surface area contributed by atoms with Crippen molar-refractivity contribution in [3.63, 3.8) is 0 Å². The standard InChI is InChI=1S/C12H14N2O3/c1-13-8-4-12(15)14(2)9-5-11-10(3-7(8)9)16-6-17-11/h3,5,8,13H,4,6H2,1-2H3. The molecule has 0 aliphatic carbocycles. The van der Waals surface area contributed by atoms with E-state index in [1.165, 1.54) is 0 Å². The van der Waals surface area contributed by atoms with Crippen molar-refractivity contribution >= 4 is 11.6 Å². The van der Waals surface area contributed by atoms with Crippen LogP contribution in [0.5, 0.6) is 11.5 Å². The summed E-state index contributed by atoms with van der Waals surface area (Å²) in [6.07, 6.45) is 0.472. The number of fused-ring (bicyclic) bond motifs is 2. The number of nitrogens with zero attached hydrogens (tertiary/aromatic N) is 1. The molecule has 2 aliphatic heterocycles. The van der Waals surface area contributed by atoms with Crippen LogP contribution in [0.3, 0.4) is 0 Å². The smallest absolute Gasteiger partial charge is 0.231 e. The Morgan fingerprint density at radius 3 is 2.76 bits per heavy atom. The number of carbonyl (C=O) groups is 1. The van der Waals surface area contributed by atoms with Gasteiger partial charge in [-0.25, -0.2) is 0 Å². The summed E-state index contributed by atoms with van der Waals surface area (Å²) in [6.45, 7) is 0.250. The molecule has 0 radical (unpaired) electrons. The molecular formula is C12H14N2O3. The lowest BCUT2D eigenvalue weighted by molar-refractivity contribution is -0.119. The van der Waals surface area contributed by atoms with E-state index in [4.69, 9.17) is 9.47 Å². The molecule has 0 aromatic heterocycles. The summed E-state index contributed by atoms with van der Waals surface area (Å²) in [4.78, 5) is 13.5. The van der Waals surface area contributed by atoms with Crippen molar-refractivity contribution in [2.24, 2.45) is 0 Å². The summed E-state index contributed by atoms with van der Waals surface area (Å²) in [5.74, 6) is 1.57. The number of hydrogen-bond acceptors (Lipinski definition) is 4. The Hall–Kier alpha value is -1.75. The van der Waals surface area contributed by atoms with Gasteiger partial charge in [0.05, 0.1) is 5.69 Å². The first kappa shape index (κ1) is 10.4. The molecule has 1 atom stereocenters. The number of rotatable bonds is 1. The van der Waals surface area contributed by atoms with Crippen molar-refractivity contribution in [3.05, 3.63) is 17.7 Å². The Bertz CT molecular complexity index is 487. The minimum atomic E-state index is 0.0446. The van der Waals surface area contributed by atoms with E-state index >= 15 is 0 Å². The third-order valence-electron chi connectivity index (χ3n) is 3.36. The molecule has 90 valence electrons. The number of nitrogens with one attached hydrogen (secondary N) is 1. The Balaban J connectivity index is 2.15. The molecule has 1 aromatic rings. The number of hydrogen-bond donors (Lipinski definition) is 1. The molecule has 0 saturated heterocycles. The average molecular weight is 234 g/mol. The van der Waals surface area contributed by atoms with E-state index in [0.29, 0.717) is 12.2 Å². The molecule has 1 amide bonds. The molecule has 1 aromatic carbocycles. The summed E-state index contributed by atoms with van der Waals surface area (Å²) in [5.41, 5.74) is 1.98. The molecule has 0 saturated carbocycles. The quantitative estimate of drug-likeness (QED) is 0.789. The largest absolute Gasteiger partial charge is 0.454 e. The van der Waals surface area contributed by atoms with E-state index in [2.05, 4.69) is 5.32 Å². The van der Waals surface area contributed by atoms with Crippen LogP contribution in [0.25, 0.3) is 0 Å². The van der Waals surface area contributed by atoms with Gasteiger partial charge in [-0.3, -0.25) is 4.79 Å². The second-order valence-corrected chi connectivity index (χ2v) is 4.26. The van der Waals surface area contributed by atoms with Crippen molar-refractivity contribution in [2.45, 2.75) is 12.5 Å². The Labute approximate surface area is 99.3 Å². The molecule has 17 heavy (non-hydrogen) atoms. The number of carbonyl (C=O) groups excluding carboxylic acids is 1. The van der Waals surface area contributed by atoms with Gasteiger partial charge in [-0.05, 0) is 18.7 Å². The van der Waals surface area contributed by atoms with Crippen LogP contribution in [0.15, 0.2) is 12.1 Å². The van der Waals surface area contributed by atoms with Crippen LogP contribution in [-0.4, -0.2) is 26.8 Å². The number of amides is 1. The Morgan fingerprint density at radius 2 is 2.06 bits per heavy atom. The van der Waals surface area contributed by atoms with Crippen LogP contribution in [-0.2, 0) is 4.79 Å². The Kier molecular flexibility index (Phi) is 2.22. The fourth-order valence-corrected chi connectivity index (χ4v) is 2.33. The molecule has 0 spiro atoms. The lowest BCUT2D eigenvalue weighted by Crippen LogP contribution is -2.36. The van der Waals surface area contributed by atoms with Crippen LogP contribution in [0.2, 0.25) is 0 Å². The molecular weight excluding hydrogens is 220 g/mol. The summed E-state index contributed by atoms with van der Waals surface area (Å²) in [6, 6.07) is 3.88. The van der Waals surface area contributed by atoms with E-state index in [1.54, 1.807) is 11.9 Å². The zero-order valence-electron chi connectivity index (χ0n) is 9.82. The van der Waals surface area contributed by atoms with E-state index in [0.717, 1.165) is 17.0 Å². The maximum atomic E-state index is 11.8. The molecule has 1 unspecified atom stereocenters. The molecule has 3 rings (SSSR count). The maximum Gasteiger partial charge on any atom is 0.231 e. The van der Waals surface area contributed by atoms with E-state index < -0.39 is 0 Å². The van der Waals surface area contributed by atoms with Gasteiger partial charge in [0.1, 0.15) is 0 Å². The maximum absolute atomic E-state index is 11.8. The van der Waals surface area contributed by atoms with Crippen LogP contribution in [0, 0.1) is 0 Å². The van der Waals surface area contributed by atoms with Gasteiger partial charge in [0.2, 0.25) is 12.7 Å².